The predicted octanol–water partition coefficient (Wildman–Crippen LogP) is 0.996. The fraction of sp³-hybridized carbons (Fsp3) is 0.692. The third kappa shape index (κ3) is 2.75. The van der Waals surface area contributed by atoms with Crippen molar-refractivity contribution < 1.29 is 8.42 Å². The van der Waals surface area contributed by atoms with Crippen LogP contribution in [0.3, 0.4) is 0 Å². The first-order chi connectivity index (χ1) is 10.1. The van der Waals surface area contributed by atoms with Crippen LogP contribution < -0.4 is 5.32 Å². The van der Waals surface area contributed by atoms with Gasteiger partial charge < -0.3 is 5.32 Å². The smallest absolute Gasteiger partial charge is 0.282 e. The lowest BCUT2D eigenvalue weighted by atomic mass is 10.2. The Morgan fingerprint density at radius 2 is 1.95 bits per heavy atom. The molecule has 1 aromatic rings. The molecule has 21 heavy (non-hydrogen) atoms. The molecule has 1 aromatic heterocycles. The fourth-order valence-corrected chi connectivity index (χ4v) is 4.95. The first-order valence-corrected chi connectivity index (χ1v) is 8.79. The van der Waals surface area contributed by atoms with E-state index in [-0.39, 0.29) is 6.04 Å². The van der Waals surface area contributed by atoms with Crippen LogP contribution in [0.1, 0.15) is 37.4 Å². The normalized spacial score (nSPS) is 24.5. The van der Waals surface area contributed by atoms with Gasteiger partial charge in [-0.25, -0.2) is 4.98 Å². The van der Waals surface area contributed by atoms with E-state index in [1.165, 1.54) is 0 Å². The molecular weight excluding hydrogens is 290 g/mol. The lowest BCUT2D eigenvalue weighted by molar-refractivity contribution is 0.344. The first kappa shape index (κ1) is 14.7. The Balaban J connectivity index is 1.88. The molecule has 0 bridgehead atoms. The molecule has 0 unspecified atom stereocenters. The van der Waals surface area contributed by atoms with E-state index in [0.717, 1.165) is 31.4 Å². The van der Waals surface area contributed by atoms with Crippen molar-refractivity contribution in [3.05, 3.63) is 18.1 Å². The zero-order valence-corrected chi connectivity index (χ0v) is 13.0. The molecule has 0 spiro atoms. The Labute approximate surface area is 125 Å². The first-order valence-electron chi connectivity index (χ1n) is 7.39. The average Bonchev–Trinajstić information content (AvgIpc) is 3.18. The SMILES string of the molecule is CNc1cncc([C@H]2CCCN2S(=O)(=O)N2CCCC2)n1. The Morgan fingerprint density at radius 3 is 2.67 bits per heavy atom. The van der Waals surface area contributed by atoms with Crippen LogP contribution in [0.25, 0.3) is 0 Å². The van der Waals surface area contributed by atoms with Crippen LogP contribution in [0.15, 0.2) is 12.4 Å². The molecule has 116 valence electrons. The van der Waals surface area contributed by atoms with Crippen molar-refractivity contribution in [3.63, 3.8) is 0 Å². The molecule has 1 atom stereocenters. The number of hydrogen-bond donors (Lipinski definition) is 1. The van der Waals surface area contributed by atoms with Gasteiger partial charge in [-0.05, 0) is 25.7 Å². The van der Waals surface area contributed by atoms with Crippen molar-refractivity contribution in [2.75, 3.05) is 32.0 Å². The van der Waals surface area contributed by atoms with E-state index in [2.05, 4.69) is 15.3 Å². The van der Waals surface area contributed by atoms with Crippen LogP contribution >= 0.6 is 0 Å². The van der Waals surface area contributed by atoms with E-state index in [1.54, 1.807) is 28.1 Å². The maximum Gasteiger partial charge on any atom is 0.282 e. The topological polar surface area (TPSA) is 78.4 Å². The molecule has 0 aliphatic carbocycles. The minimum atomic E-state index is -3.38. The molecular formula is C13H21N5O2S. The Hall–Kier alpha value is -1.25. The van der Waals surface area contributed by atoms with Crippen LogP contribution in [-0.4, -0.2) is 53.7 Å². The highest BCUT2D eigenvalue weighted by atomic mass is 32.2. The summed E-state index contributed by atoms with van der Waals surface area (Å²) in [5.41, 5.74) is 0.724. The number of rotatable bonds is 4. The van der Waals surface area contributed by atoms with E-state index in [1.807, 2.05) is 0 Å². The molecule has 0 saturated carbocycles. The van der Waals surface area contributed by atoms with Crippen molar-refractivity contribution in [3.8, 4) is 0 Å². The van der Waals surface area contributed by atoms with Gasteiger partial charge in [-0.1, -0.05) is 0 Å². The largest absolute Gasteiger partial charge is 0.372 e. The second-order valence-electron chi connectivity index (χ2n) is 5.46. The summed E-state index contributed by atoms with van der Waals surface area (Å²) in [6, 6.07) is -0.198. The average molecular weight is 311 g/mol. The molecule has 0 radical (unpaired) electrons. The van der Waals surface area contributed by atoms with Crippen molar-refractivity contribution in [1.29, 1.82) is 0 Å². The minimum absolute atomic E-state index is 0.198. The van der Waals surface area contributed by atoms with Crippen molar-refractivity contribution in [2.24, 2.45) is 0 Å². The number of nitrogens with one attached hydrogen (secondary N) is 1. The van der Waals surface area contributed by atoms with Gasteiger partial charge in [0.1, 0.15) is 5.82 Å². The van der Waals surface area contributed by atoms with Gasteiger partial charge >= 0.3 is 0 Å². The van der Waals surface area contributed by atoms with Gasteiger partial charge in [0, 0.05) is 26.7 Å². The standard InChI is InChI=1S/C13H21N5O2S/c1-14-13-10-15-9-11(16-13)12-5-4-8-18(12)21(19,20)17-6-2-3-7-17/h9-10,12H,2-8H2,1H3,(H,14,16)/t12-/m1/s1. The summed E-state index contributed by atoms with van der Waals surface area (Å²) in [6.07, 6.45) is 6.87. The summed E-state index contributed by atoms with van der Waals surface area (Å²) in [7, 11) is -1.60. The van der Waals surface area contributed by atoms with Crippen LogP contribution in [0.5, 0.6) is 0 Å². The molecule has 3 heterocycles. The number of nitrogens with zero attached hydrogens (tertiary/aromatic N) is 4. The summed E-state index contributed by atoms with van der Waals surface area (Å²) >= 11 is 0. The lowest BCUT2D eigenvalue weighted by Crippen LogP contribution is -2.42. The summed E-state index contributed by atoms with van der Waals surface area (Å²) in [6.45, 7) is 1.83. The third-order valence-electron chi connectivity index (χ3n) is 4.14. The van der Waals surface area contributed by atoms with Gasteiger partial charge in [0.25, 0.3) is 10.2 Å². The molecule has 3 rings (SSSR count). The maximum atomic E-state index is 12.8. The summed E-state index contributed by atoms with van der Waals surface area (Å²) < 4.78 is 28.7. The molecule has 2 aliphatic rings. The summed E-state index contributed by atoms with van der Waals surface area (Å²) in [5.74, 6) is 0.665. The maximum absolute atomic E-state index is 12.8. The Bertz CT molecular complexity index is 600. The Morgan fingerprint density at radius 1 is 1.19 bits per heavy atom. The van der Waals surface area contributed by atoms with Crippen LogP contribution in [0, 0.1) is 0 Å². The van der Waals surface area contributed by atoms with Gasteiger partial charge in [0.05, 0.1) is 24.1 Å². The van der Waals surface area contributed by atoms with Crippen LogP contribution in [-0.2, 0) is 10.2 Å². The monoisotopic (exact) mass is 311 g/mol. The van der Waals surface area contributed by atoms with Crippen molar-refractivity contribution in [2.45, 2.75) is 31.7 Å². The highest BCUT2D eigenvalue weighted by Crippen LogP contribution is 2.35. The van der Waals surface area contributed by atoms with Gasteiger partial charge in [0.15, 0.2) is 0 Å². The molecule has 1 N–H and O–H groups in total. The number of hydrogen-bond acceptors (Lipinski definition) is 5. The molecule has 0 amide bonds. The second kappa shape index (κ2) is 5.86. The van der Waals surface area contributed by atoms with Crippen LogP contribution in [0.2, 0.25) is 0 Å². The van der Waals surface area contributed by atoms with E-state index in [0.29, 0.717) is 25.5 Å². The molecule has 7 nitrogen and oxygen atoms in total. The minimum Gasteiger partial charge on any atom is -0.372 e. The zero-order valence-electron chi connectivity index (χ0n) is 12.2. The van der Waals surface area contributed by atoms with E-state index >= 15 is 0 Å². The van der Waals surface area contributed by atoms with Gasteiger partial charge in [0.2, 0.25) is 0 Å². The number of aromatic nitrogens is 2. The van der Waals surface area contributed by atoms with E-state index in [9.17, 15) is 8.42 Å². The van der Waals surface area contributed by atoms with Gasteiger partial charge in [-0.15, -0.1) is 0 Å². The molecule has 0 aromatic carbocycles. The quantitative estimate of drug-likeness (QED) is 0.897. The van der Waals surface area contributed by atoms with E-state index in [4.69, 9.17) is 0 Å². The highest BCUT2D eigenvalue weighted by Gasteiger charge is 2.40. The van der Waals surface area contributed by atoms with Crippen molar-refractivity contribution in [1.82, 2.24) is 18.6 Å². The lowest BCUT2D eigenvalue weighted by Gasteiger charge is -2.28. The third-order valence-corrected chi connectivity index (χ3v) is 6.19. The second-order valence-corrected chi connectivity index (χ2v) is 7.34. The molecule has 2 fully saturated rings. The summed E-state index contributed by atoms with van der Waals surface area (Å²) in [5, 5.41) is 2.95. The highest BCUT2D eigenvalue weighted by molar-refractivity contribution is 7.86. The van der Waals surface area contributed by atoms with E-state index < -0.39 is 10.2 Å². The molecule has 2 aliphatic heterocycles. The van der Waals surface area contributed by atoms with Gasteiger partial charge in [-0.2, -0.15) is 17.0 Å². The van der Waals surface area contributed by atoms with Crippen LogP contribution in [0.4, 0.5) is 5.82 Å². The van der Waals surface area contributed by atoms with Crippen molar-refractivity contribution >= 4 is 16.0 Å². The zero-order chi connectivity index (χ0) is 14.9. The summed E-state index contributed by atoms with van der Waals surface area (Å²) in [4.78, 5) is 8.62. The predicted molar refractivity (Wildman–Crippen MR) is 80.0 cm³/mol. The fourth-order valence-electron chi connectivity index (χ4n) is 3.04. The number of anilines is 1. The molecule has 8 heteroatoms. The van der Waals surface area contributed by atoms with Gasteiger partial charge in [-0.3, -0.25) is 4.98 Å². The molecule has 2 saturated heterocycles. The Kier molecular flexibility index (Phi) is 4.10.